The number of furan rings is 1. The predicted octanol–water partition coefficient (Wildman–Crippen LogP) is 3.61. The van der Waals surface area contributed by atoms with Gasteiger partial charge in [0.1, 0.15) is 11.5 Å². The molecule has 0 fully saturated rings. The van der Waals surface area contributed by atoms with Crippen molar-refractivity contribution in [2.45, 2.75) is 6.04 Å². The van der Waals surface area contributed by atoms with E-state index in [-0.39, 0.29) is 18.5 Å². The predicted molar refractivity (Wildman–Crippen MR) is 96.6 cm³/mol. The van der Waals surface area contributed by atoms with Gasteiger partial charge in [0.2, 0.25) is 5.91 Å². The van der Waals surface area contributed by atoms with Crippen LogP contribution in [-0.4, -0.2) is 19.6 Å². The third kappa shape index (κ3) is 4.28. The van der Waals surface area contributed by atoms with E-state index in [0.29, 0.717) is 11.4 Å². The zero-order chi connectivity index (χ0) is 17.5. The summed E-state index contributed by atoms with van der Waals surface area (Å²) in [4.78, 5) is 12.3. The molecule has 0 aliphatic rings. The van der Waals surface area contributed by atoms with Crippen molar-refractivity contribution >= 4 is 11.6 Å². The van der Waals surface area contributed by atoms with Gasteiger partial charge in [0.25, 0.3) is 0 Å². The Kier molecular flexibility index (Phi) is 5.49. The van der Waals surface area contributed by atoms with Gasteiger partial charge in [0.05, 0.1) is 31.6 Å². The smallest absolute Gasteiger partial charge is 0.238 e. The standard InChI is InChI=1S/C20H20N2O3/c1-24-17-11-6-5-10-16(17)22-19(23)14-21-20(18-12-7-13-25-18)15-8-3-2-4-9-15/h2-13,20-21H,14H2,1H3,(H,22,23)/t20-/m0/s1. The lowest BCUT2D eigenvalue weighted by atomic mass is 10.0. The quantitative estimate of drug-likeness (QED) is 0.692. The fraction of sp³-hybridized carbons (Fsp3) is 0.150. The highest BCUT2D eigenvalue weighted by Crippen LogP contribution is 2.24. The number of anilines is 1. The molecule has 2 N–H and O–H groups in total. The Balaban J connectivity index is 1.68. The van der Waals surface area contributed by atoms with E-state index < -0.39 is 0 Å². The van der Waals surface area contributed by atoms with Crippen LogP contribution < -0.4 is 15.4 Å². The molecule has 5 heteroatoms. The fourth-order valence-electron chi connectivity index (χ4n) is 2.62. The van der Waals surface area contributed by atoms with E-state index in [1.54, 1.807) is 25.5 Å². The van der Waals surface area contributed by atoms with Crippen LogP contribution in [0.25, 0.3) is 0 Å². The highest BCUT2D eigenvalue weighted by molar-refractivity contribution is 5.93. The first-order valence-corrected chi connectivity index (χ1v) is 8.02. The number of para-hydroxylation sites is 2. The number of carbonyl (C=O) groups is 1. The summed E-state index contributed by atoms with van der Waals surface area (Å²) in [7, 11) is 1.57. The molecule has 2 aromatic carbocycles. The van der Waals surface area contributed by atoms with Gasteiger partial charge in [0.15, 0.2) is 0 Å². The highest BCUT2D eigenvalue weighted by atomic mass is 16.5. The first-order valence-electron chi connectivity index (χ1n) is 8.02. The van der Waals surface area contributed by atoms with Gasteiger partial charge in [-0.2, -0.15) is 0 Å². The number of nitrogens with one attached hydrogen (secondary N) is 2. The fourth-order valence-corrected chi connectivity index (χ4v) is 2.62. The van der Waals surface area contributed by atoms with Crippen LogP contribution in [0, 0.1) is 0 Å². The Hall–Kier alpha value is -3.05. The lowest BCUT2D eigenvalue weighted by molar-refractivity contribution is -0.115. The summed E-state index contributed by atoms with van der Waals surface area (Å²) >= 11 is 0. The minimum atomic E-state index is -0.195. The molecule has 1 atom stereocenters. The van der Waals surface area contributed by atoms with E-state index in [4.69, 9.17) is 9.15 Å². The second kappa shape index (κ2) is 8.17. The summed E-state index contributed by atoms with van der Waals surface area (Å²) in [6, 6.07) is 20.7. The molecule has 0 aliphatic heterocycles. The molecule has 0 saturated heterocycles. The zero-order valence-corrected chi connectivity index (χ0v) is 13.9. The van der Waals surface area contributed by atoms with Gasteiger partial charge in [-0.25, -0.2) is 0 Å². The number of amides is 1. The van der Waals surface area contributed by atoms with E-state index in [0.717, 1.165) is 11.3 Å². The van der Waals surface area contributed by atoms with Crippen LogP contribution in [0.15, 0.2) is 77.4 Å². The van der Waals surface area contributed by atoms with E-state index in [9.17, 15) is 4.79 Å². The molecule has 0 spiro atoms. The van der Waals surface area contributed by atoms with Gasteiger partial charge in [-0.1, -0.05) is 42.5 Å². The monoisotopic (exact) mass is 336 g/mol. The molecule has 3 aromatic rings. The first-order chi connectivity index (χ1) is 12.3. The average molecular weight is 336 g/mol. The maximum atomic E-state index is 12.3. The van der Waals surface area contributed by atoms with Crippen molar-refractivity contribution in [1.82, 2.24) is 5.32 Å². The lowest BCUT2D eigenvalue weighted by Gasteiger charge is -2.17. The van der Waals surface area contributed by atoms with E-state index >= 15 is 0 Å². The van der Waals surface area contributed by atoms with Crippen LogP contribution in [0.3, 0.4) is 0 Å². The van der Waals surface area contributed by atoms with Crippen molar-refractivity contribution in [2.24, 2.45) is 0 Å². The van der Waals surface area contributed by atoms with Crippen molar-refractivity contribution in [3.8, 4) is 5.75 Å². The van der Waals surface area contributed by atoms with Crippen molar-refractivity contribution < 1.29 is 13.9 Å². The number of methoxy groups -OCH3 is 1. The van der Waals surface area contributed by atoms with Gasteiger partial charge in [-0.15, -0.1) is 0 Å². The average Bonchev–Trinajstić information content (AvgIpc) is 3.18. The van der Waals surface area contributed by atoms with E-state index in [2.05, 4.69) is 10.6 Å². The van der Waals surface area contributed by atoms with Crippen LogP contribution in [0.5, 0.6) is 5.75 Å². The summed E-state index contributed by atoms with van der Waals surface area (Å²) in [6.45, 7) is 0.137. The second-order valence-electron chi connectivity index (χ2n) is 5.49. The lowest BCUT2D eigenvalue weighted by Crippen LogP contribution is -2.31. The molecule has 0 saturated carbocycles. The molecule has 3 rings (SSSR count). The molecule has 128 valence electrons. The van der Waals surface area contributed by atoms with Crippen LogP contribution in [0.2, 0.25) is 0 Å². The van der Waals surface area contributed by atoms with Gasteiger partial charge in [-0.3, -0.25) is 10.1 Å². The Morgan fingerprint density at radius 3 is 2.52 bits per heavy atom. The third-order valence-corrected chi connectivity index (χ3v) is 3.81. The Labute approximate surface area is 146 Å². The van der Waals surface area contributed by atoms with Crippen molar-refractivity contribution in [3.63, 3.8) is 0 Å². The number of rotatable bonds is 7. The molecule has 0 radical (unpaired) electrons. The van der Waals surface area contributed by atoms with E-state index in [1.807, 2.05) is 54.6 Å². The summed E-state index contributed by atoms with van der Waals surface area (Å²) in [6.07, 6.45) is 1.63. The number of hydrogen-bond donors (Lipinski definition) is 2. The van der Waals surface area contributed by atoms with Crippen LogP contribution in [0.4, 0.5) is 5.69 Å². The Morgan fingerprint density at radius 2 is 1.80 bits per heavy atom. The summed E-state index contributed by atoms with van der Waals surface area (Å²) in [5, 5.41) is 6.11. The molecule has 0 unspecified atom stereocenters. The van der Waals surface area contributed by atoms with Gasteiger partial charge >= 0.3 is 0 Å². The normalized spacial score (nSPS) is 11.7. The van der Waals surface area contributed by atoms with Gasteiger partial charge < -0.3 is 14.5 Å². The zero-order valence-electron chi connectivity index (χ0n) is 13.9. The molecule has 25 heavy (non-hydrogen) atoms. The molecular weight excluding hydrogens is 316 g/mol. The SMILES string of the molecule is COc1ccccc1NC(=O)CN[C@@H](c1ccccc1)c1ccco1. The molecule has 1 aromatic heterocycles. The maximum Gasteiger partial charge on any atom is 0.238 e. The van der Waals surface area contributed by atoms with Gasteiger partial charge in [-0.05, 0) is 29.8 Å². The van der Waals surface area contributed by atoms with Crippen LogP contribution in [0.1, 0.15) is 17.4 Å². The van der Waals surface area contributed by atoms with Crippen LogP contribution >= 0.6 is 0 Å². The highest BCUT2D eigenvalue weighted by Gasteiger charge is 2.17. The first kappa shape index (κ1) is 16.8. The van der Waals surface area contributed by atoms with E-state index in [1.165, 1.54) is 0 Å². The summed E-state index contributed by atoms with van der Waals surface area (Å²) < 4.78 is 10.8. The van der Waals surface area contributed by atoms with Crippen molar-refractivity contribution in [2.75, 3.05) is 19.0 Å². The molecule has 0 bridgehead atoms. The molecule has 1 heterocycles. The topological polar surface area (TPSA) is 63.5 Å². The van der Waals surface area contributed by atoms with Crippen molar-refractivity contribution in [3.05, 3.63) is 84.3 Å². The third-order valence-electron chi connectivity index (χ3n) is 3.81. The largest absolute Gasteiger partial charge is 0.495 e. The maximum absolute atomic E-state index is 12.3. The number of hydrogen-bond acceptors (Lipinski definition) is 4. The number of ether oxygens (including phenoxy) is 1. The molecular formula is C20H20N2O3. The van der Waals surface area contributed by atoms with Crippen LogP contribution in [-0.2, 0) is 4.79 Å². The number of benzene rings is 2. The second-order valence-corrected chi connectivity index (χ2v) is 5.49. The molecule has 0 aliphatic carbocycles. The molecule has 5 nitrogen and oxygen atoms in total. The Bertz CT molecular complexity index is 801. The Morgan fingerprint density at radius 1 is 1.04 bits per heavy atom. The summed E-state index contributed by atoms with van der Waals surface area (Å²) in [5.41, 5.74) is 1.67. The van der Waals surface area contributed by atoms with Crippen molar-refractivity contribution in [1.29, 1.82) is 0 Å². The molecule has 1 amide bonds. The minimum Gasteiger partial charge on any atom is -0.495 e. The van der Waals surface area contributed by atoms with Gasteiger partial charge in [0, 0.05) is 0 Å². The summed E-state index contributed by atoms with van der Waals surface area (Å²) in [5.74, 6) is 1.23. The number of carbonyl (C=O) groups excluding carboxylic acids is 1. The minimum absolute atomic E-state index is 0.137.